The first-order valence-electron chi connectivity index (χ1n) is 10.6. The Morgan fingerprint density at radius 2 is 1.65 bits per heavy atom. The van der Waals surface area contributed by atoms with Gasteiger partial charge in [-0.3, -0.25) is 9.10 Å². The number of rotatable bonds is 8. The van der Waals surface area contributed by atoms with Crippen LogP contribution in [0.1, 0.15) is 18.9 Å². The number of hydrogen-bond acceptors (Lipinski definition) is 5. The zero-order chi connectivity index (χ0) is 22.4. The summed E-state index contributed by atoms with van der Waals surface area (Å²) in [5.74, 6) is -0.306. The maximum atomic E-state index is 12.9. The van der Waals surface area contributed by atoms with E-state index in [1.165, 1.54) is 9.99 Å². The van der Waals surface area contributed by atoms with Crippen molar-refractivity contribution in [2.45, 2.75) is 25.9 Å². The van der Waals surface area contributed by atoms with Gasteiger partial charge in [-0.05, 0) is 43.3 Å². The number of para-hydroxylation sites is 1. The molecule has 0 bridgehead atoms. The first-order valence-corrected chi connectivity index (χ1v) is 12.5. The lowest BCUT2D eigenvalue weighted by Crippen LogP contribution is -2.49. The molecule has 0 unspecified atom stereocenters. The van der Waals surface area contributed by atoms with Crippen molar-refractivity contribution in [3.8, 4) is 0 Å². The van der Waals surface area contributed by atoms with Crippen molar-refractivity contribution < 1.29 is 13.2 Å². The zero-order valence-corrected chi connectivity index (χ0v) is 19.3. The number of likely N-dealkylation sites (N-methyl/N-ethyl adjacent to an activating group) is 1. The Balaban J connectivity index is 1.65. The summed E-state index contributed by atoms with van der Waals surface area (Å²) in [4.78, 5) is 17.6. The number of sulfonamides is 1. The molecule has 0 aromatic heterocycles. The normalized spacial score (nSPS) is 16.0. The van der Waals surface area contributed by atoms with Gasteiger partial charge in [-0.15, -0.1) is 0 Å². The van der Waals surface area contributed by atoms with Gasteiger partial charge in [0.05, 0.1) is 11.9 Å². The number of anilines is 2. The molecule has 0 spiro atoms. The molecule has 2 aromatic rings. The Kier molecular flexibility index (Phi) is 7.56. The molecule has 1 N–H and O–H groups in total. The fraction of sp³-hybridized carbons (Fsp3) is 0.435. The van der Waals surface area contributed by atoms with Crippen molar-refractivity contribution in [2.24, 2.45) is 0 Å². The molecule has 0 aliphatic carbocycles. The second-order valence-electron chi connectivity index (χ2n) is 7.99. The summed E-state index contributed by atoms with van der Waals surface area (Å²) in [5.41, 5.74) is 2.65. The van der Waals surface area contributed by atoms with Crippen LogP contribution in [0.25, 0.3) is 0 Å². The third-order valence-electron chi connectivity index (χ3n) is 5.61. The van der Waals surface area contributed by atoms with E-state index in [2.05, 4.69) is 34.3 Å². The van der Waals surface area contributed by atoms with E-state index in [-0.39, 0.29) is 5.91 Å². The van der Waals surface area contributed by atoms with Gasteiger partial charge in [0.1, 0.15) is 6.04 Å². The van der Waals surface area contributed by atoms with Gasteiger partial charge in [0, 0.05) is 38.4 Å². The maximum Gasteiger partial charge on any atom is 0.244 e. The van der Waals surface area contributed by atoms with Crippen LogP contribution in [0, 0.1) is 0 Å². The molecular formula is C23H32N4O3S. The average Bonchev–Trinajstić information content (AvgIpc) is 2.76. The molecule has 1 aliphatic rings. The quantitative estimate of drug-likeness (QED) is 0.676. The van der Waals surface area contributed by atoms with Crippen LogP contribution < -0.4 is 14.5 Å². The minimum atomic E-state index is -3.62. The molecule has 1 aliphatic heterocycles. The molecule has 0 radical (unpaired) electrons. The Labute approximate surface area is 185 Å². The number of nitrogens with zero attached hydrogens (tertiary/aromatic N) is 3. The van der Waals surface area contributed by atoms with Gasteiger partial charge in [-0.1, -0.05) is 37.3 Å². The van der Waals surface area contributed by atoms with Crippen LogP contribution in [-0.4, -0.2) is 64.7 Å². The first-order chi connectivity index (χ1) is 14.8. The van der Waals surface area contributed by atoms with E-state index in [9.17, 15) is 13.2 Å². The van der Waals surface area contributed by atoms with Gasteiger partial charge < -0.3 is 15.1 Å². The standard InChI is InChI=1S/C23H32N4O3S/c1-4-22(27(31(3,29)30)21-8-6-5-7-9-21)23(28)24-18-19-10-12-20(13-11-19)26-16-14-25(2)15-17-26/h5-13,22H,4,14-18H2,1-3H3,(H,24,28)/t22-/m0/s1. The minimum absolute atomic E-state index is 0.306. The molecule has 1 heterocycles. The van der Waals surface area contributed by atoms with Crippen LogP contribution in [0.5, 0.6) is 0 Å². The van der Waals surface area contributed by atoms with Crippen LogP contribution >= 0.6 is 0 Å². The number of amides is 1. The van der Waals surface area contributed by atoms with E-state index in [1.807, 2.05) is 25.1 Å². The molecule has 3 rings (SSSR count). The van der Waals surface area contributed by atoms with Crippen molar-refractivity contribution in [2.75, 3.05) is 48.7 Å². The van der Waals surface area contributed by atoms with Crippen molar-refractivity contribution in [3.63, 3.8) is 0 Å². The van der Waals surface area contributed by atoms with Gasteiger partial charge in [0.25, 0.3) is 0 Å². The van der Waals surface area contributed by atoms with E-state index in [1.54, 1.807) is 24.3 Å². The SMILES string of the molecule is CC[C@@H](C(=O)NCc1ccc(N2CCN(C)CC2)cc1)N(c1ccccc1)S(C)(=O)=O. The largest absolute Gasteiger partial charge is 0.369 e. The van der Waals surface area contributed by atoms with E-state index in [4.69, 9.17) is 0 Å². The highest BCUT2D eigenvalue weighted by Gasteiger charge is 2.31. The van der Waals surface area contributed by atoms with Gasteiger partial charge in [-0.25, -0.2) is 8.42 Å². The van der Waals surface area contributed by atoms with Crippen LogP contribution in [0.2, 0.25) is 0 Å². The topological polar surface area (TPSA) is 73.0 Å². The van der Waals surface area contributed by atoms with E-state index < -0.39 is 16.1 Å². The molecule has 2 aromatic carbocycles. The van der Waals surface area contributed by atoms with Gasteiger partial charge in [-0.2, -0.15) is 0 Å². The van der Waals surface area contributed by atoms with E-state index in [0.717, 1.165) is 38.0 Å². The van der Waals surface area contributed by atoms with Crippen LogP contribution in [0.4, 0.5) is 11.4 Å². The van der Waals surface area contributed by atoms with E-state index in [0.29, 0.717) is 18.7 Å². The summed E-state index contributed by atoms with van der Waals surface area (Å²) < 4.78 is 26.1. The zero-order valence-electron chi connectivity index (χ0n) is 18.5. The molecular weight excluding hydrogens is 412 g/mol. The number of carbonyl (C=O) groups excluding carboxylic acids is 1. The molecule has 168 valence electrons. The van der Waals surface area contributed by atoms with Crippen LogP contribution in [0.3, 0.4) is 0 Å². The lowest BCUT2D eigenvalue weighted by atomic mass is 10.1. The fourth-order valence-electron chi connectivity index (χ4n) is 3.83. The number of hydrogen-bond donors (Lipinski definition) is 1. The highest BCUT2D eigenvalue weighted by atomic mass is 32.2. The Hall–Kier alpha value is -2.58. The van der Waals surface area contributed by atoms with Gasteiger partial charge >= 0.3 is 0 Å². The summed E-state index contributed by atoms with van der Waals surface area (Å²) >= 11 is 0. The Bertz CT molecular complexity index is 956. The summed E-state index contributed by atoms with van der Waals surface area (Å²) in [5, 5.41) is 2.91. The van der Waals surface area contributed by atoms with Crippen molar-refractivity contribution >= 4 is 27.3 Å². The summed E-state index contributed by atoms with van der Waals surface area (Å²) in [6, 6.07) is 16.1. The minimum Gasteiger partial charge on any atom is -0.369 e. The predicted molar refractivity (Wildman–Crippen MR) is 126 cm³/mol. The van der Waals surface area contributed by atoms with Crippen LogP contribution in [0.15, 0.2) is 54.6 Å². The molecule has 0 saturated carbocycles. The second-order valence-corrected chi connectivity index (χ2v) is 9.85. The Morgan fingerprint density at radius 3 is 2.19 bits per heavy atom. The van der Waals surface area contributed by atoms with E-state index >= 15 is 0 Å². The smallest absolute Gasteiger partial charge is 0.244 e. The monoisotopic (exact) mass is 444 g/mol. The average molecular weight is 445 g/mol. The summed E-state index contributed by atoms with van der Waals surface area (Å²) in [6.45, 7) is 6.28. The molecule has 8 heteroatoms. The molecule has 1 fully saturated rings. The van der Waals surface area contributed by atoms with Crippen molar-refractivity contribution in [1.29, 1.82) is 0 Å². The fourth-order valence-corrected chi connectivity index (χ4v) is 5.04. The molecule has 1 atom stereocenters. The molecule has 31 heavy (non-hydrogen) atoms. The second kappa shape index (κ2) is 10.2. The highest BCUT2D eigenvalue weighted by molar-refractivity contribution is 7.92. The Morgan fingerprint density at radius 1 is 1.03 bits per heavy atom. The lowest BCUT2D eigenvalue weighted by molar-refractivity contribution is -0.122. The van der Waals surface area contributed by atoms with Gasteiger partial charge in [0.15, 0.2) is 0 Å². The maximum absolute atomic E-state index is 12.9. The first kappa shape index (κ1) is 23.1. The highest BCUT2D eigenvalue weighted by Crippen LogP contribution is 2.22. The summed E-state index contributed by atoms with van der Waals surface area (Å²) in [6.07, 6.45) is 1.50. The molecule has 7 nitrogen and oxygen atoms in total. The number of nitrogens with one attached hydrogen (secondary N) is 1. The lowest BCUT2D eigenvalue weighted by Gasteiger charge is -2.34. The molecule has 1 saturated heterocycles. The third kappa shape index (κ3) is 5.98. The predicted octanol–water partition coefficient (Wildman–Crippen LogP) is 2.30. The van der Waals surface area contributed by atoms with Crippen molar-refractivity contribution in [3.05, 3.63) is 60.2 Å². The molecule has 1 amide bonds. The number of piperazine rings is 1. The van der Waals surface area contributed by atoms with Crippen LogP contribution in [-0.2, 0) is 21.4 Å². The number of benzene rings is 2. The third-order valence-corrected chi connectivity index (χ3v) is 6.79. The van der Waals surface area contributed by atoms with Gasteiger partial charge in [0.2, 0.25) is 15.9 Å². The van der Waals surface area contributed by atoms with Crippen molar-refractivity contribution in [1.82, 2.24) is 10.2 Å². The number of carbonyl (C=O) groups is 1. The summed E-state index contributed by atoms with van der Waals surface area (Å²) in [7, 11) is -1.48.